The summed E-state index contributed by atoms with van der Waals surface area (Å²) in [7, 11) is 0. The van der Waals surface area contributed by atoms with Gasteiger partial charge in [-0.2, -0.15) is 0 Å². The summed E-state index contributed by atoms with van der Waals surface area (Å²) in [5, 5.41) is 3.86. The quantitative estimate of drug-likeness (QED) is 0.862. The molecule has 3 rings (SSSR count). The molecule has 23 heavy (non-hydrogen) atoms. The lowest BCUT2D eigenvalue weighted by molar-refractivity contribution is -0.132. The zero-order valence-electron chi connectivity index (χ0n) is 12.5. The van der Waals surface area contributed by atoms with Gasteiger partial charge >= 0.3 is 0 Å². The fourth-order valence-electron chi connectivity index (χ4n) is 2.66. The van der Waals surface area contributed by atoms with Gasteiger partial charge in [0.1, 0.15) is 6.26 Å². The van der Waals surface area contributed by atoms with Gasteiger partial charge in [-0.05, 0) is 6.07 Å². The van der Waals surface area contributed by atoms with Crippen molar-refractivity contribution < 1.29 is 18.1 Å². The molecule has 0 spiro atoms. The average molecular weight is 321 g/mol. The summed E-state index contributed by atoms with van der Waals surface area (Å²) in [6, 6.07) is 5.71. The molecule has 0 N–H and O–H groups in total. The number of piperazine rings is 1. The molecule has 1 aromatic heterocycles. The predicted octanol–water partition coefficient (Wildman–Crippen LogP) is 1.84. The number of halogens is 2. The van der Waals surface area contributed by atoms with E-state index in [1.165, 1.54) is 18.4 Å². The maximum absolute atomic E-state index is 13.6. The van der Waals surface area contributed by atoms with Gasteiger partial charge in [-0.15, -0.1) is 0 Å². The first kappa shape index (κ1) is 15.6. The van der Waals surface area contributed by atoms with Gasteiger partial charge in [0, 0.05) is 44.4 Å². The van der Waals surface area contributed by atoms with Crippen LogP contribution in [0.15, 0.2) is 35.1 Å². The second-order valence-electron chi connectivity index (χ2n) is 5.54. The molecule has 5 nitrogen and oxygen atoms in total. The third kappa shape index (κ3) is 3.73. The largest absolute Gasteiger partial charge is 0.364 e. The van der Waals surface area contributed by atoms with Crippen molar-refractivity contribution in [3.05, 3.63) is 53.4 Å². The highest BCUT2D eigenvalue weighted by Crippen LogP contribution is 2.14. The Bertz CT molecular complexity index is 668. The van der Waals surface area contributed by atoms with E-state index in [9.17, 15) is 13.6 Å². The molecule has 1 amide bonds. The Kier molecular flexibility index (Phi) is 4.66. The number of amides is 1. The van der Waals surface area contributed by atoms with Gasteiger partial charge in [-0.25, -0.2) is 8.78 Å². The Hall–Kier alpha value is -2.28. The maximum Gasteiger partial charge on any atom is 0.227 e. The van der Waals surface area contributed by atoms with E-state index in [1.54, 1.807) is 4.90 Å². The van der Waals surface area contributed by atoms with Crippen molar-refractivity contribution in [1.82, 2.24) is 15.0 Å². The van der Waals surface area contributed by atoms with E-state index in [0.717, 1.165) is 11.8 Å². The van der Waals surface area contributed by atoms with Crippen molar-refractivity contribution in [1.29, 1.82) is 0 Å². The van der Waals surface area contributed by atoms with Gasteiger partial charge in [0.15, 0.2) is 11.6 Å². The van der Waals surface area contributed by atoms with Gasteiger partial charge in [0.25, 0.3) is 0 Å². The predicted molar refractivity (Wildman–Crippen MR) is 78.4 cm³/mol. The first-order chi connectivity index (χ1) is 11.1. The van der Waals surface area contributed by atoms with Crippen LogP contribution in [0, 0.1) is 11.6 Å². The lowest BCUT2D eigenvalue weighted by atomic mass is 10.1. The Balaban J connectivity index is 1.53. The van der Waals surface area contributed by atoms with E-state index in [-0.39, 0.29) is 17.9 Å². The lowest BCUT2D eigenvalue weighted by Gasteiger charge is -2.34. The van der Waals surface area contributed by atoms with Crippen LogP contribution in [0.2, 0.25) is 0 Å². The van der Waals surface area contributed by atoms with Crippen LogP contribution in [0.4, 0.5) is 8.78 Å². The number of hydrogen-bond acceptors (Lipinski definition) is 4. The van der Waals surface area contributed by atoms with Crippen molar-refractivity contribution >= 4 is 5.91 Å². The normalized spacial score (nSPS) is 15.8. The van der Waals surface area contributed by atoms with Crippen LogP contribution in [0.5, 0.6) is 0 Å². The van der Waals surface area contributed by atoms with Crippen LogP contribution in [-0.4, -0.2) is 47.0 Å². The smallest absolute Gasteiger partial charge is 0.227 e. The van der Waals surface area contributed by atoms with Crippen molar-refractivity contribution in [3.63, 3.8) is 0 Å². The highest BCUT2D eigenvalue weighted by Gasteiger charge is 2.22. The third-order valence-corrected chi connectivity index (χ3v) is 3.98. The number of carbonyl (C=O) groups is 1. The van der Waals surface area contributed by atoms with Crippen LogP contribution >= 0.6 is 0 Å². The first-order valence-corrected chi connectivity index (χ1v) is 7.46. The molecule has 1 aliphatic rings. The SMILES string of the molecule is O=C(Cc1cccc(F)c1F)N1CCN(Cc2ccon2)CC1. The lowest BCUT2D eigenvalue weighted by Crippen LogP contribution is -2.48. The first-order valence-electron chi connectivity index (χ1n) is 7.46. The molecule has 0 aliphatic carbocycles. The summed E-state index contributed by atoms with van der Waals surface area (Å²) in [5.74, 6) is -2.05. The molecule has 1 fully saturated rings. The average Bonchev–Trinajstić information content (AvgIpc) is 3.05. The van der Waals surface area contributed by atoms with Crippen LogP contribution in [-0.2, 0) is 17.8 Å². The third-order valence-electron chi connectivity index (χ3n) is 3.98. The number of nitrogens with zero attached hydrogens (tertiary/aromatic N) is 3. The molecule has 2 aromatic rings. The Morgan fingerprint density at radius 3 is 2.65 bits per heavy atom. The molecule has 1 saturated heterocycles. The monoisotopic (exact) mass is 321 g/mol. The zero-order chi connectivity index (χ0) is 16.2. The zero-order valence-corrected chi connectivity index (χ0v) is 12.5. The molecule has 0 saturated carbocycles. The summed E-state index contributed by atoms with van der Waals surface area (Å²) in [5.41, 5.74) is 0.951. The Morgan fingerprint density at radius 2 is 1.96 bits per heavy atom. The Labute approximate surface area is 132 Å². The van der Waals surface area contributed by atoms with E-state index in [2.05, 4.69) is 10.1 Å². The van der Waals surface area contributed by atoms with Gasteiger partial charge in [-0.1, -0.05) is 17.3 Å². The van der Waals surface area contributed by atoms with Crippen LogP contribution in [0.3, 0.4) is 0 Å². The topological polar surface area (TPSA) is 49.6 Å². The van der Waals surface area contributed by atoms with E-state index >= 15 is 0 Å². The minimum absolute atomic E-state index is 0.0972. The number of aromatic nitrogens is 1. The molecule has 1 aliphatic heterocycles. The minimum Gasteiger partial charge on any atom is -0.364 e. The molecule has 0 radical (unpaired) electrons. The highest BCUT2D eigenvalue weighted by atomic mass is 19.2. The van der Waals surface area contributed by atoms with Crippen molar-refractivity contribution in [2.45, 2.75) is 13.0 Å². The van der Waals surface area contributed by atoms with E-state index < -0.39 is 11.6 Å². The molecule has 7 heteroatoms. The molecule has 0 bridgehead atoms. The van der Waals surface area contributed by atoms with Crippen LogP contribution < -0.4 is 0 Å². The second kappa shape index (κ2) is 6.87. The number of benzene rings is 1. The summed E-state index contributed by atoms with van der Waals surface area (Å²) in [6.07, 6.45) is 1.41. The highest BCUT2D eigenvalue weighted by molar-refractivity contribution is 5.79. The van der Waals surface area contributed by atoms with Crippen molar-refractivity contribution in [2.24, 2.45) is 0 Å². The van der Waals surface area contributed by atoms with Crippen LogP contribution in [0.25, 0.3) is 0 Å². The number of hydrogen-bond donors (Lipinski definition) is 0. The summed E-state index contributed by atoms with van der Waals surface area (Å²) >= 11 is 0. The van der Waals surface area contributed by atoms with Crippen molar-refractivity contribution in [3.8, 4) is 0 Å². The molecular weight excluding hydrogens is 304 g/mol. The van der Waals surface area contributed by atoms with E-state index in [0.29, 0.717) is 32.7 Å². The van der Waals surface area contributed by atoms with E-state index in [4.69, 9.17) is 4.52 Å². The summed E-state index contributed by atoms with van der Waals surface area (Å²) in [4.78, 5) is 16.1. The molecular formula is C16H17F2N3O2. The molecule has 0 atom stereocenters. The van der Waals surface area contributed by atoms with Gasteiger partial charge in [-0.3, -0.25) is 9.69 Å². The molecule has 2 heterocycles. The molecule has 1 aromatic carbocycles. The van der Waals surface area contributed by atoms with E-state index in [1.807, 2.05) is 6.07 Å². The fraction of sp³-hybridized carbons (Fsp3) is 0.375. The van der Waals surface area contributed by atoms with Crippen molar-refractivity contribution in [2.75, 3.05) is 26.2 Å². The minimum atomic E-state index is -0.939. The van der Waals surface area contributed by atoms with Gasteiger partial charge < -0.3 is 9.42 Å². The molecule has 122 valence electrons. The van der Waals surface area contributed by atoms with Gasteiger partial charge in [0.05, 0.1) is 12.1 Å². The molecule has 0 unspecified atom stereocenters. The van der Waals surface area contributed by atoms with Gasteiger partial charge in [0.2, 0.25) is 5.91 Å². The second-order valence-corrected chi connectivity index (χ2v) is 5.54. The van der Waals surface area contributed by atoms with Crippen LogP contribution in [0.1, 0.15) is 11.3 Å². The summed E-state index contributed by atoms with van der Waals surface area (Å²) < 4.78 is 31.6. The fourth-order valence-corrected chi connectivity index (χ4v) is 2.66. The number of carbonyl (C=O) groups excluding carboxylic acids is 1. The Morgan fingerprint density at radius 1 is 1.17 bits per heavy atom. The summed E-state index contributed by atoms with van der Waals surface area (Å²) in [6.45, 7) is 3.23. The maximum atomic E-state index is 13.6. The standard InChI is InChI=1S/C16H17F2N3O2/c17-14-3-1-2-12(16(14)18)10-15(22)21-7-5-20(6-8-21)11-13-4-9-23-19-13/h1-4,9H,5-8,10-11H2. The number of rotatable bonds is 4.